The van der Waals surface area contributed by atoms with Gasteiger partial charge in [0, 0.05) is 11.6 Å². The maximum atomic E-state index is 13.3. The monoisotopic (exact) mass is 309 g/mol. The lowest BCUT2D eigenvalue weighted by Crippen LogP contribution is -2.19. The first-order valence-electron chi connectivity index (χ1n) is 7.01. The molecular formula is C17H18ClF2N. The third-order valence-corrected chi connectivity index (χ3v) is 3.74. The third kappa shape index (κ3) is 3.80. The zero-order valence-corrected chi connectivity index (χ0v) is 12.8. The molecule has 0 amide bonds. The summed E-state index contributed by atoms with van der Waals surface area (Å²) in [5.74, 6) is -1.82. The molecule has 0 bridgehead atoms. The predicted molar refractivity (Wildman–Crippen MR) is 83.5 cm³/mol. The first kappa shape index (κ1) is 15.9. The molecule has 1 nitrogen and oxygen atoms in total. The molecule has 0 radical (unpaired) electrons. The van der Waals surface area contributed by atoms with Crippen LogP contribution in [0.2, 0.25) is 5.02 Å². The number of benzene rings is 2. The van der Waals surface area contributed by atoms with Gasteiger partial charge in [0.1, 0.15) is 0 Å². The minimum absolute atomic E-state index is 0.207. The van der Waals surface area contributed by atoms with Crippen LogP contribution in [0, 0.1) is 11.6 Å². The summed E-state index contributed by atoms with van der Waals surface area (Å²) in [6.45, 7) is 5.17. The highest BCUT2D eigenvalue weighted by Gasteiger charge is 2.11. The van der Waals surface area contributed by atoms with Crippen LogP contribution in [-0.2, 0) is 0 Å². The highest BCUT2D eigenvalue weighted by Crippen LogP contribution is 2.30. The number of halogens is 3. The van der Waals surface area contributed by atoms with E-state index in [1.54, 1.807) is 0 Å². The Balaban J connectivity index is 2.25. The molecule has 0 saturated carbocycles. The normalized spacial score (nSPS) is 12.4. The van der Waals surface area contributed by atoms with Gasteiger partial charge in [-0.05, 0) is 43.1 Å². The molecule has 0 fully saturated rings. The average Bonchev–Trinajstić information content (AvgIpc) is 2.48. The molecule has 1 N–H and O–H groups in total. The Labute approximate surface area is 128 Å². The van der Waals surface area contributed by atoms with Gasteiger partial charge in [0.25, 0.3) is 0 Å². The summed E-state index contributed by atoms with van der Waals surface area (Å²) < 4.78 is 26.4. The second kappa shape index (κ2) is 7.01. The van der Waals surface area contributed by atoms with Crippen LogP contribution in [0.25, 0.3) is 11.1 Å². The van der Waals surface area contributed by atoms with Gasteiger partial charge in [-0.25, -0.2) is 8.78 Å². The smallest absolute Gasteiger partial charge is 0.160 e. The first-order chi connectivity index (χ1) is 10.0. The van der Waals surface area contributed by atoms with Gasteiger partial charge in [0.2, 0.25) is 0 Å². The highest BCUT2D eigenvalue weighted by atomic mass is 35.5. The highest BCUT2D eigenvalue weighted by molar-refractivity contribution is 6.33. The van der Waals surface area contributed by atoms with Crippen molar-refractivity contribution < 1.29 is 8.78 Å². The molecule has 0 saturated heterocycles. The number of rotatable bonds is 5. The van der Waals surface area contributed by atoms with Gasteiger partial charge >= 0.3 is 0 Å². The lowest BCUT2D eigenvalue weighted by molar-refractivity contribution is 0.509. The summed E-state index contributed by atoms with van der Waals surface area (Å²) in [6.07, 6.45) is 1.08. The van der Waals surface area contributed by atoms with E-state index in [1.807, 2.05) is 24.3 Å². The number of nitrogens with one attached hydrogen (secondary N) is 1. The van der Waals surface area contributed by atoms with Crippen LogP contribution in [-0.4, -0.2) is 6.54 Å². The molecule has 2 aromatic carbocycles. The fourth-order valence-electron chi connectivity index (χ4n) is 2.17. The molecule has 112 valence electrons. The van der Waals surface area contributed by atoms with Gasteiger partial charge in [-0.2, -0.15) is 0 Å². The van der Waals surface area contributed by atoms with E-state index in [1.165, 1.54) is 0 Å². The van der Waals surface area contributed by atoms with E-state index < -0.39 is 11.6 Å². The minimum atomic E-state index is -0.933. The van der Waals surface area contributed by atoms with E-state index >= 15 is 0 Å². The fraction of sp³-hybridized carbons (Fsp3) is 0.294. The van der Waals surface area contributed by atoms with Crippen molar-refractivity contribution in [3.63, 3.8) is 0 Å². The van der Waals surface area contributed by atoms with E-state index in [2.05, 4.69) is 19.2 Å². The van der Waals surface area contributed by atoms with Gasteiger partial charge in [-0.3, -0.25) is 0 Å². The van der Waals surface area contributed by atoms with Gasteiger partial charge in [0.05, 0.1) is 5.02 Å². The minimum Gasteiger partial charge on any atom is -0.310 e. The summed E-state index contributed by atoms with van der Waals surface area (Å²) in [5, 5.41) is 3.61. The van der Waals surface area contributed by atoms with Gasteiger partial charge in [-0.15, -0.1) is 0 Å². The Morgan fingerprint density at radius 1 is 1.10 bits per heavy atom. The lowest BCUT2D eigenvalue weighted by atomic mass is 10.0. The summed E-state index contributed by atoms with van der Waals surface area (Å²) in [4.78, 5) is 0. The van der Waals surface area contributed by atoms with Crippen molar-refractivity contribution in [1.29, 1.82) is 0 Å². The van der Waals surface area contributed by atoms with Crippen molar-refractivity contribution in [2.24, 2.45) is 0 Å². The van der Waals surface area contributed by atoms with Crippen molar-refractivity contribution >= 4 is 11.6 Å². The largest absolute Gasteiger partial charge is 0.310 e. The Kier molecular flexibility index (Phi) is 5.32. The number of hydrogen-bond acceptors (Lipinski definition) is 1. The van der Waals surface area contributed by atoms with Crippen molar-refractivity contribution in [2.45, 2.75) is 26.3 Å². The van der Waals surface area contributed by atoms with Crippen LogP contribution in [0.4, 0.5) is 8.78 Å². The van der Waals surface area contributed by atoms with Crippen molar-refractivity contribution in [3.8, 4) is 11.1 Å². The lowest BCUT2D eigenvalue weighted by Gasteiger charge is -2.14. The molecule has 0 aliphatic rings. The fourth-order valence-corrected chi connectivity index (χ4v) is 2.43. The molecule has 0 heterocycles. The van der Waals surface area contributed by atoms with E-state index in [0.717, 1.165) is 36.2 Å². The molecular weight excluding hydrogens is 292 g/mol. The molecule has 0 spiro atoms. The second-order valence-corrected chi connectivity index (χ2v) is 5.45. The quantitative estimate of drug-likeness (QED) is 0.734. The molecule has 2 rings (SSSR count). The predicted octanol–water partition coefficient (Wildman–Crippen LogP) is 5.35. The zero-order chi connectivity index (χ0) is 15.4. The van der Waals surface area contributed by atoms with Crippen LogP contribution in [0.1, 0.15) is 31.9 Å². The van der Waals surface area contributed by atoms with Crippen molar-refractivity contribution in [2.75, 3.05) is 6.54 Å². The van der Waals surface area contributed by atoms with Gasteiger partial charge in [0.15, 0.2) is 11.6 Å². The Bertz CT molecular complexity index is 611. The Hall–Kier alpha value is -1.45. The van der Waals surface area contributed by atoms with E-state index in [0.29, 0.717) is 5.56 Å². The van der Waals surface area contributed by atoms with E-state index in [9.17, 15) is 8.78 Å². The Morgan fingerprint density at radius 3 is 2.33 bits per heavy atom. The summed E-state index contributed by atoms with van der Waals surface area (Å²) >= 11 is 5.99. The molecule has 1 atom stereocenters. The van der Waals surface area contributed by atoms with Gasteiger partial charge < -0.3 is 5.32 Å². The molecule has 2 aromatic rings. The van der Waals surface area contributed by atoms with Crippen LogP contribution in [0.15, 0.2) is 36.4 Å². The van der Waals surface area contributed by atoms with Crippen LogP contribution in [0.3, 0.4) is 0 Å². The second-order valence-electron chi connectivity index (χ2n) is 5.04. The van der Waals surface area contributed by atoms with Gasteiger partial charge in [-0.1, -0.05) is 42.8 Å². The third-order valence-electron chi connectivity index (χ3n) is 3.43. The molecule has 0 aliphatic heterocycles. The van der Waals surface area contributed by atoms with E-state index in [4.69, 9.17) is 11.6 Å². The standard InChI is InChI=1S/C17H18ClF2N/c1-3-8-21-11(2)12-4-6-13(7-5-12)14-9-16(19)17(20)10-15(14)18/h4-7,9-11,21H,3,8H2,1-2H3. The average molecular weight is 310 g/mol. The maximum absolute atomic E-state index is 13.3. The summed E-state index contributed by atoms with van der Waals surface area (Å²) in [5.41, 5.74) is 2.41. The van der Waals surface area contributed by atoms with Crippen molar-refractivity contribution in [3.05, 3.63) is 58.6 Å². The molecule has 0 aromatic heterocycles. The summed E-state index contributed by atoms with van der Waals surface area (Å²) in [6, 6.07) is 10.1. The molecule has 0 aliphatic carbocycles. The molecule has 21 heavy (non-hydrogen) atoms. The van der Waals surface area contributed by atoms with Crippen LogP contribution < -0.4 is 5.32 Å². The van der Waals surface area contributed by atoms with Crippen LogP contribution >= 0.6 is 11.6 Å². The topological polar surface area (TPSA) is 12.0 Å². The van der Waals surface area contributed by atoms with E-state index in [-0.39, 0.29) is 11.1 Å². The van der Waals surface area contributed by atoms with Crippen molar-refractivity contribution in [1.82, 2.24) is 5.32 Å². The molecule has 4 heteroatoms. The Morgan fingerprint density at radius 2 is 1.71 bits per heavy atom. The SMILES string of the molecule is CCCNC(C)c1ccc(-c2cc(F)c(F)cc2Cl)cc1. The first-order valence-corrected chi connectivity index (χ1v) is 7.39. The van der Waals surface area contributed by atoms with Crippen LogP contribution in [0.5, 0.6) is 0 Å². The molecule has 1 unspecified atom stereocenters. The maximum Gasteiger partial charge on any atom is 0.160 e. The zero-order valence-electron chi connectivity index (χ0n) is 12.1. The number of hydrogen-bond donors (Lipinski definition) is 1. The summed E-state index contributed by atoms with van der Waals surface area (Å²) in [7, 11) is 0.